The van der Waals surface area contributed by atoms with Crippen LogP contribution in [0.15, 0.2) is 10.5 Å². The second-order valence-electron chi connectivity index (χ2n) is 11.7. The van der Waals surface area contributed by atoms with Gasteiger partial charge in [0, 0.05) is 60.2 Å². The van der Waals surface area contributed by atoms with Gasteiger partial charge in [-0.25, -0.2) is 8.78 Å². The Hall–Kier alpha value is -1.79. The average Bonchev–Trinajstić information content (AvgIpc) is 3.56. The van der Waals surface area contributed by atoms with Crippen LogP contribution in [0.2, 0.25) is 5.02 Å². The molecule has 0 aliphatic carbocycles. The minimum absolute atomic E-state index is 0.0283. The number of aromatic nitrogens is 2. The molecule has 2 bridgehead atoms. The smallest absolute Gasteiger partial charge is 0.318 e. The zero-order chi connectivity index (χ0) is 26.9. The number of rotatable bonds is 5. The normalized spacial score (nSPS) is 31.9. The number of halogens is 4. The molecule has 3 unspecified atom stereocenters. The van der Waals surface area contributed by atoms with Gasteiger partial charge in [0.1, 0.15) is 18.6 Å². The van der Waals surface area contributed by atoms with Crippen molar-refractivity contribution < 1.29 is 18.3 Å². The van der Waals surface area contributed by atoms with Gasteiger partial charge in [0.15, 0.2) is 5.82 Å². The molecule has 0 amide bonds. The van der Waals surface area contributed by atoms with Crippen LogP contribution in [-0.4, -0.2) is 71.4 Å². The number of nitrogens with one attached hydrogen (secondary N) is 1. The molecule has 0 radical (unpaired) electrons. The van der Waals surface area contributed by atoms with E-state index in [4.69, 9.17) is 36.8 Å². The van der Waals surface area contributed by atoms with Crippen molar-refractivity contribution in [2.24, 2.45) is 0 Å². The summed E-state index contributed by atoms with van der Waals surface area (Å²) >= 11 is 9.74. The lowest BCUT2D eigenvalue weighted by Crippen LogP contribution is -2.52. The van der Waals surface area contributed by atoms with E-state index < -0.39 is 18.1 Å². The molecule has 7 rings (SSSR count). The third-order valence-corrected chi connectivity index (χ3v) is 10.5. The quantitative estimate of drug-likeness (QED) is 0.375. The number of piperazine rings is 1. The number of fused-ring (bicyclic) bond motifs is 4. The molecule has 8 nitrogen and oxygen atoms in total. The van der Waals surface area contributed by atoms with E-state index in [2.05, 4.69) is 31.0 Å². The molecule has 5 aliphatic rings. The molecular formula is C27H32BrClF2N6O2. The summed E-state index contributed by atoms with van der Waals surface area (Å²) in [7, 11) is 0. The summed E-state index contributed by atoms with van der Waals surface area (Å²) in [5, 5.41) is 3.99. The second kappa shape index (κ2) is 9.94. The van der Waals surface area contributed by atoms with Crippen LogP contribution in [0.3, 0.4) is 0 Å². The molecule has 12 heteroatoms. The van der Waals surface area contributed by atoms with Crippen LogP contribution in [-0.2, 0) is 17.8 Å². The van der Waals surface area contributed by atoms with Crippen LogP contribution < -0.4 is 20.7 Å². The van der Waals surface area contributed by atoms with Crippen molar-refractivity contribution in [1.82, 2.24) is 20.2 Å². The third kappa shape index (κ3) is 4.58. The van der Waals surface area contributed by atoms with E-state index in [1.807, 2.05) is 0 Å². The molecule has 1 aromatic heterocycles. The largest absolute Gasteiger partial charge is 0.461 e. The molecule has 0 saturated carbocycles. The summed E-state index contributed by atoms with van der Waals surface area (Å²) in [5.74, 6) is 0.263. The number of alkyl halides is 1. The van der Waals surface area contributed by atoms with Crippen LogP contribution in [0, 0.1) is 5.82 Å². The van der Waals surface area contributed by atoms with Crippen LogP contribution in [0.5, 0.6) is 6.01 Å². The number of benzene rings is 1. The van der Waals surface area contributed by atoms with E-state index in [9.17, 15) is 4.39 Å². The number of anilines is 2. The molecular weight excluding hydrogens is 594 g/mol. The highest BCUT2D eigenvalue weighted by molar-refractivity contribution is 9.10. The Balaban J connectivity index is 1.23. The Morgan fingerprint density at radius 2 is 2.05 bits per heavy atom. The van der Waals surface area contributed by atoms with E-state index in [0.29, 0.717) is 47.6 Å². The first-order valence-electron chi connectivity index (χ1n) is 13.8. The maximum Gasteiger partial charge on any atom is 0.318 e. The summed E-state index contributed by atoms with van der Waals surface area (Å²) in [5.41, 5.74) is 7.51. The predicted octanol–water partition coefficient (Wildman–Crippen LogP) is 4.32. The molecule has 3 N–H and O–H groups in total. The van der Waals surface area contributed by atoms with Gasteiger partial charge in [0.2, 0.25) is 0 Å². The summed E-state index contributed by atoms with van der Waals surface area (Å²) in [6.07, 6.45) is 3.56. The van der Waals surface area contributed by atoms with Crippen molar-refractivity contribution in [3.8, 4) is 6.01 Å². The third-order valence-electron chi connectivity index (χ3n) is 9.15. The zero-order valence-corrected chi connectivity index (χ0v) is 23.9. The number of hydrogen-bond donors (Lipinski definition) is 2. The fraction of sp³-hybridized carbons (Fsp3) is 0.630. The van der Waals surface area contributed by atoms with Crippen LogP contribution >= 0.6 is 27.5 Å². The Labute approximate surface area is 239 Å². The Kier molecular flexibility index (Phi) is 6.66. The number of hydrogen-bond acceptors (Lipinski definition) is 8. The first-order valence-corrected chi connectivity index (χ1v) is 14.9. The number of ether oxygens (including phenoxy) is 2. The maximum absolute atomic E-state index is 15.2. The molecule has 5 atom stereocenters. The fourth-order valence-electron chi connectivity index (χ4n) is 7.29. The predicted molar refractivity (Wildman–Crippen MR) is 147 cm³/mol. The number of nitrogens with two attached hydrogens (primary N) is 1. The molecule has 6 heterocycles. The minimum Gasteiger partial charge on any atom is -0.461 e. The lowest BCUT2D eigenvalue weighted by Gasteiger charge is -2.37. The summed E-state index contributed by atoms with van der Waals surface area (Å²) in [4.78, 5) is 14.3. The SMILES string of the molecule is Nc1cc(Cl)c(Br)c(C2Cc3nc(OC[C@@]45CCCN4C[C@H](F)C5)nc(N4CC5CCC(C4)N5)c3CO2)c1F. The molecule has 0 spiro atoms. The standard InChI is InChI=1S/C27H32BrClF2N6O2/c28-23-18(29)6-19(32)24(31)22(23)21-7-20-17(12-38-21)25(36-10-15-2-3-16(11-36)33-15)35-26(34-20)39-13-27-4-1-5-37(27)9-14(30)8-27/h6,14-16,21,33H,1-5,7-13,32H2/t14-,15?,16?,21?,27+/m1/s1. The highest BCUT2D eigenvalue weighted by Gasteiger charge is 2.49. The maximum atomic E-state index is 15.2. The van der Waals surface area contributed by atoms with Gasteiger partial charge in [-0.1, -0.05) is 11.6 Å². The zero-order valence-electron chi connectivity index (χ0n) is 21.6. The lowest BCUT2D eigenvalue weighted by atomic mass is 9.95. The number of nitrogens with zero attached hydrogens (tertiary/aromatic N) is 4. The van der Waals surface area contributed by atoms with Crippen LogP contribution in [0.4, 0.5) is 20.3 Å². The molecule has 2 aromatic rings. The molecule has 39 heavy (non-hydrogen) atoms. The lowest BCUT2D eigenvalue weighted by molar-refractivity contribution is 0.0228. The fourth-order valence-corrected chi connectivity index (χ4v) is 8.05. The number of nitrogen functional groups attached to an aromatic ring is 1. The molecule has 4 fully saturated rings. The van der Waals surface area contributed by atoms with Crippen molar-refractivity contribution in [3.05, 3.63) is 38.2 Å². The van der Waals surface area contributed by atoms with E-state index in [0.717, 1.165) is 62.4 Å². The summed E-state index contributed by atoms with van der Waals surface area (Å²) in [6.45, 7) is 3.62. The van der Waals surface area contributed by atoms with Gasteiger partial charge in [-0.05, 0) is 54.2 Å². The van der Waals surface area contributed by atoms with Crippen molar-refractivity contribution in [3.63, 3.8) is 0 Å². The van der Waals surface area contributed by atoms with E-state index in [-0.39, 0.29) is 29.4 Å². The summed E-state index contributed by atoms with van der Waals surface area (Å²) in [6, 6.07) is 2.51. The van der Waals surface area contributed by atoms with E-state index >= 15 is 4.39 Å². The Morgan fingerprint density at radius 3 is 2.85 bits per heavy atom. The monoisotopic (exact) mass is 624 g/mol. The molecule has 210 valence electrons. The van der Waals surface area contributed by atoms with Crippen molar-refractivity contribution in [2.75, 3.05) is 43.4 Å². The second-order valence-corrected chi connectivity index (χ2v) is 12.9. The Morgan fingerprint density at radius 1 is 1.26 bits per heavy atom. The topological polar surface area (TPSA) is 88.8 Å². The van der Waals surface area contributed by atoms with Crippen molar-refractivity contribution >= 4 is 39.0 Å². The van der Waals surface area contributed by atoms with Gasteiger partial charge < -0.3 is 25.4 Å². The first-order chi connectivity index (χ1) is 18.8. The van der Waals surface area contributed by atoms with E-state index in [1.54, 1.807) is 0 Å². The average molecular weight is 626 g/mol. The van der Waals surface area contributed by atoms with Crippen molar-refractivity contribution in [1.29, 1.82) is 0 Å². The van der Waals surface area contributed by atoms with Gasteiger partial charge in [0.25, 0.3) is 0 Å². The van der Waals surface area contributed by atoms with Gasteiger partial charge in [0.05, 0.1) is 34.7 Å². The molecule has 1 aromatic carbocycles. The van der Waals surface area contributed by atoms with Gasteiger partial charge in [-0.3, -0.25) is 4.90 Å². The van der Waals surface area contributed by atoms with E-state index in [1.165, 1.54) is 6.07 Å². The highest BCUT2D eigenvalue weighted by Crippen LogP contribution is 2.43. The summed E-state index contributed by atoms with van der Waals surface area (Å²) < 4.78 is 42.5. The Bertz CT molecular complexity index is 1270. The molecule has 4 saturated heterocycles. The van der Waals surface area contributed by atoms with Gasteiger partial charge in [-0.15, -0.1) is 0 Å². The van der Waals surface area contributed by atoms with Crippen LogP contribution in [0.25, 0.3) is 0 Å². The van der Waals surface area contributed by atoms with Crippen LogP contribution in [0.1, 0.15) is 55.0 Å². The van der Waals surface area contributed by atoms with Crippen molar-refractivity contribution in [2.45, 2.75) is 75.0 Å². The van der Waals surface area contributed by atoms with Gasteiger partial charge >= 0.3 is 6.01 Å². The highest BCUT2D eigenvalue weighted by atomic mass is 79.9. The minimum atomic E-state index is -0.832. The molecule has 5 aliphatic heterocycles. The first kappa shape index (κ1) is 26.1. The van der Waals surface area contributed by atoms with Gasteiger partial charge in [-0.2, -0.15) is 9.97 Å².